The molecule has 1 N–H and O–H groups in total. The minimum absolute atomic E-state index is 0.0628. The van der Waals surface area contributed by atoms with Gasteiger partial charge in [0, 0.05) is 5.56 Å². The van der Waals surface area contributed by atoms with E-state index in [4.69, 9.17) is 9.47 Å². The second-order valence-electron chi connectivity index (χ2n) is 5.32. The highest BCUT2D eigenvalue weighted by Gasteiger charge is 2.43. The summed E-state index contributed by atoms with van der Waals surface area (Å²) in [4.78, 5) is 12.0. The number of carbonyl (C=O) groups excluding carboxylic acids is 1. The van der Waals surface area contributed by atoms with Gasteiger partial charge in [0.05, 0.1) is 19.6 Å². The number of carbonyl (C=O) groups is 1. The van der Waals surface area contributed by atoms with E-state index in [1.807, 2.05) is 32.9 Å². The third-order valence-electron chi connectivity index (χ3n) is 3.46. The summed E-state index contributed by atoms with van der Waals surface area (Å²) in [5.74, 6) is -0.549. The van der Waals surface area contributed by atoms with Crippen molar-refractivity contribution in [1.29, 1.82) is 0 Å². The van der Waals surface area contributed by atoms with Gasteiger partial charge in [-0.25, -0.2) is 0 Å². The number of methoxy groups -OCH3 is 1. The van der Waals surface area contributed by atoms with Gasteiger partial charge in [-0.15, -0.1) is 0 Å². The highest BCUT2D eigenvalue weighted by atomic mass is 16.5. The number of esters is 1. The highest BCUT2D eigenvalue weighted by molar-refractivity contribution is 5.74. The first kappa shape index (κ1) is 16.5. The van der Waals surface area contributed by atoms with Gasteiger partial charge in [0.1, 0.15) is 11.4 Å². The maximum absolute atomic E-state index is 12.0. The van der Waals surface area contributed by atoms with Gasteiger partial charge in [-0.2, -0.15) is 0 Å². The Labute approximate surface area is 120 Å². The molecule has 0 saturated heterocycles. The molecule has 4 nitrogen and oxygen atoms in total. The molecule has 112 valence electrons. The van der Waals surface area contributed by atoms with Crippen LogP contribution in [-0.4, -0.2) is 24.8 Å². The molecule has 0 fully saturated rings. The van der Waals surface area contributed by atoms with Crippen molar-refractivity contribution in [2.45, 2.75) is 33.3 Å². The molecule has 20 heavy (non-hydrogen) atoms. The minimum Gasteiger partial charge on any atom is -0.493 e. The molecule has 2 unspecified atom stereocenters. The predicted molar refractivity (Wildman–Crippen MR) is 77.5 cm³/mol. The summed E-state index contributed by atoms with van der Waals surface area (Å²) in [7, 11) is 1.34. The number of rotatable bonds is 6. The molecule has 0 spiro atoms. The minimum atomic E-state index is -1.35. The van der Waals surface area contributed by atoms with Crippen LogP contribution in [0, 0.1) is 11.8 Å². The fourth-order valence-corrected chi connectivity index (χ4v) is 2.61. The van der Waals surface area contributed by atoms with Crippen molar-refractivity contribution < 1.29 is 19.4 Å². The predicted octanol–water partition coefficient (Wildman–Crippen LogP) is 2.74. The summed E-state index contributed by atoms with van der Waals surface area (Å²) < 4.78 is 10.4. The van der Waals surface area contributed by atoms with Crippen LogP contribution in [0.1, 0.15) is 33.3 Å². The molecule has 0 saturated carbocycles. The lowest BCUT2D eigenvalue weighted by Crippen LogP contribution is -2.41. The van der Waals surface area contributed by atoms with Gasteiger partial charge in [0.25, 0.3) is 0 Å². The van der Waals surface area contributed by atoms with Crippen molar-refractivity contribution in [2.75, 3.05) is 13.7 Å². The second kappa shape index (κ2) is 6.75. The van der Waals surface area contributed by atoms with Crippen LogP contribution in [0.3, 0.4) is 0 Å². The van der Waals surface area contributed by atoms with Gasteiger partial charge in [-0.1, -0.05) is 32.0 Å². The highest BCUT2D eigenvalue weighted by Crippen LogP contribution is 2.39. The van der Waals surface area contributed by atoms with Crippen molar-refractivity contribution in [1.82, 2.24) is 0 Å². The van der Waals surface area contributed by atoms with Crippen LogP contribution < -0.4 is 4.74 Å². The van der Waals surface area contributed by atoms with E-state index >= 15 is 0 Å². The average molecular weight is 280 g/mol. The Kier molecular flexibility index (Phi) is 5.57. The van der Waals surface area contributed by atoms with Crippen LogP contribution in [0.25, 0.3) is 0 Å². The number of benzene rings is 1. The van der Waals surface area contributed by atoms with E-state index in [0.29, 0.717) is 17.9 Å². The first-order valence-electron chi connectivity index (χ1n) is 6.88. The quantitative estimate of drug-likeness (QED) is 0.814. The summed E-state index contributed by atoms with van der Waals surface area (Å²) in [6, 6.07) is 7.24. The average Bonchev–Trinajstić information content (AvgIpc) is 2.38. The van der Waals surface area contributed by atoms with Gasteiger partial charge in [0.2, 0.25) is 0 Å². The molecular weight excluding hydrogens is 256 g/mol. The van der Waals surface area contributed by atoms with Crippen LogP contribution in [-0.2, 0) is 15.1 Å². The van der Waals surface area contributed by atoms with E-state index in [0.717, 1.165) is 0 Å². The van der Waals surface area contributed by atoms with Crippen LogP contribution in [0.2, 0.25) is 0 Å². The zero-order chi connectivity index (χ0) is 15.3. The Morgan fingerprint density at radius 1 is 1.35 bits per heavy atom. The molecule has 2 atom stereocenters. The van der Waals surface area contributed by atoms with Crippen molar-refractivity contribution >= 4 is 5.97 Å². The molecule has 0 bridgehead atoms. The van der Waals surface area contributed by atoms with E-state index in [-0.39, 0.29) is 5.92 Å². The number of hydrogen-bond acceptors (Lipinski definition) is 4. The Morgan fingerprint density at radius 3 is 2.45 bits per heavy atom. The van der Waals surface area contributed by atoms with Gasteiger partial charge in [-0.3, -0.25) is 4.79 Å². The molecule has 1 rings (SSSR count). The molecule has 0 aliphatic carbocycles. The van der Waals surface area contributed by atoms with Crippen molar-refractivity contribution in [2.24, 2.45) is 11.8 Å². The van der Waals surface area contributed by atoms with Crippen LogP contribution in [0.15, 0.2) is 24.3 Å². The Hall–Kier alpha value is -1.55. The standard InChI is InChI=1S/C16H24O4/c1-6-20-13-10-8-7-9-12(13)16(4,18)14(11(2)3)15(17)19-5/h7-11,14,18H,6H2,1-5H3. The lowest BCUT2D eigenvalue weighted by Gasteiger charge is -2.34. The Morgan fingerprint density at radius 2 is 1.95 bits per heavy atom. The molecular formula is C16H24O4. The normalized spacial score (nSPS) is 15.6. The molecule has 0 heterocycles. The molecule has 1 aromatic rings. The lowest BCUT2D eigenvalue weighted by molar-refractivity contribution is -0.159. The monoisotopic (exact) mass is 280 g/mol. The van der Waals surface area contributed by atoms with E-state index in [1.165, 1.54) is 7.11 Å². The third-order valence-corrected chi connectivity index (χ3v) is 3.46. The third kappa shape index (κ3) is 3.31. The second-order valence-corrected chi connectivity index (χ2v) is 5.32. The number of para-hydroxylation sites is 1. The van der Waals surface area contributed by atoms with Gasteiger partial charge < -0.3 is 14.6 Å². The topological polar surface area (TPSA) is 55.8 Å². The summed E-state index contributed by atoms with van der Waals surface area (Å²) in [6.45, 7) is 7.79. The van der Waals surface area contributed by atoms with Crippen LogP contribution >= 0.6 is 0 Å². The largest absolute Gasteiger partial charge is 0.493 e. The Bertz CT molecular complexity index is 452. The molecule has 0 radical (unpaired) electrons. The maximum atomic E-state index is 12.0. The summed E-state index contributed by atoms with van der Waals surface area (Å²) in [5, 5.41) is 10.9. The fraction of sp³-hybridized carbons (Fsp3) is 0.562. The first-order valence-corrected chi connectivity index (χ1v) is 6.88. The van der Waals surface area contributed by atoms with Gasteiger partial charge in [0.15, 0.2) is 0 Å². The van der Waals surface area contributed by atoms with Crippen molar-refractivity contribution in [3.05, 3.63) is 29.8 Å². The zero-order valence-electron chi connectivity index (χ0n) is 12.8. The summed E-state index contributed by atoms with van der Waals surface area (Å²) in [5.41, 5.74) is -0.751. The van der Waals surface area contributed by atoms with Crippen LogP contribution in [0.5, 0.6) is 5.75 Å². The number of ether oxygens (including phenoxy) is 2. The van der Waals surface area contributed by atoms with E-state index in [1.54, 1.807) is 19.1 Å². The fourth-order valence-electron chi connectivity index (χ4n) is 2.61. The molecule has 0 amide bonds. The molecule has 1 aromatic carbocycles. The summed E-state index contributed by atoms with van der Waals surface area (Å²) >= 11 is 0. The number of hydrogen-bond donors (Lipinski definition) is 1. The van der Waals surface area contributed by atoms with Gasteiger partial charge >= 0.3 is 5.97 Å². The first-order chi connectivity index (χ1) is 9.36. The summed E-state index contributed by atoms with van der Waals surface area (Å²) in [6.07, 6.45) is 0. The van der Waals surface area contributed by atoms with Crippen molar-refractivity contribution in [3.8, 4) is 5.75 Å². The molecule has 0 aromatic heterocycles. The van der Waals surface area contributed by atoms with E-state index < -0.39 is 17.5 Å². The maximum Gasteiger partial charge on any atom is 0.312 e. The van der Waals surface area contributed by atoms with Crippen molar-refractivity contribution in [3.63, 3.8) is 0 Å². The van der Waals surface area contributed by atoms with Gasteiger partial charge in [-0.05, 0) is 25.8 Å². The smallest absolute Gasteiger partial charge is 0.312 e. The SMILES string of the molecule is CCOc1ccccc1C(C)(O)C(C(=O)OC)C(C)C. The zero-order valence-corrected chi connectivity index (χ0v) is 12.8. The molecule has 0 aliphatic rings. The van der Waals surface area contributed by atoms with E-state index in [2.05, 4.69) is 0 Å². The number of aliphatic hydroxyl groups is 1. The van der Waals surface area contributed by atoms with Crippen LogP contribution in [0.4, 0.5) is 0 Å². The lowest BCUT2D eigenvalue weighted by atomic mass is 9.76. The Balaban J connectivity index is 3.29. The molecule has 4 heteroatoms. The van der Waals surface area contributed by atoms with E-state index in [9.17, 15) is 9.90 Å². The molecule has 0 aliphatic heterocycles.